The van der Waals surface area contributed by atoms with Crippen molar-refractivity contribution in [2.75, 3.05) is 39.6 Å². The number of nitrogens with zero attached hydrogens (tertiary/aromatic N) is 1. The minimum absolute atomic E-state index is 0.00775. The molecule has 0 atom stereocenters. The Kier molecular flexibility index (Phi) is 7.18. The van der Waals surface area contributed by atoms with Gasteiger partial charge in [0.15, 0.2) is 0 Å². The van der Waals surface area contributed by atoms with Crippen molar-refractivity contribution in [3.8, 4) is 0 Å². The lowest BCUT2D eigenvalue weighted by atomic mass is 10.2. The Morgan fingerprint density at radius 3 is 2.76 bits per heavy atom. The van der Waals surface area contributed by atoms with Gasteiger partial charge in [-0.1, -0.05) is 0 Å². The summed E-state index contributed by atoms with van der Waals surface area (Å²) >= 11 is 3.28. The maximum atomic E-state index is 12.2. The maximum Gasteiger partial charge on any atom is 0.254 e. The number of halogens is 1. The molecule has 6 nitrogen and oxygen atoms in total. The molecule has 0 aliphatic heterocycles. The number of ether oxygens (including phenoxy) is 1. The van der Waals surface area contributed by atoms with Gasteiger partial charge in [-0.05, 0) is 40.5 Å². The van der Waals surface area contributed by atoms with Crippen LogP contribution in [0.4, 0.5) is 5.69 Å². The number of nitrogens with one attached hydrogen (secondary N) is 1. The topological polar surface area (TPSA) is 84.7 Å². The van der Waals surface area contributed by atoms with Gasteiger partial charge in [0.25, 0.3) is 5.91 Å². The average molecular weight is 358 g/mol. The number of carbonyl (C=O) groups excluding carboxylic acids is 2. The lowest BCUT2D eigenvalue weighted by molar-refractivity contribution is -0.121. The number of likely N-dealkylation sites (N-methyl/N-ethyl adjacent to an activating group) is 1. The van der Waals surface area contributed by atoms with Crippen LogP contribution in [0.2, 0.25) is 0 Å². The van der Waals surface area contributed by atoms with Gasteiger partial charge in [-0.25, -0.2) is 0 Å². The highest BCUT2D eigenvalue weighted by Gasteiger charge is 2.15. The van der Waals surface area contributed by atoms with E-state index in [4.69, 9.17) is 10.5 Å². The van der Waals surface area contributed by atoms with Crippen molar-refractivity contribution in [3.05, 3.63) is 28.2 Å². The van der Waals surface area contributed by atoms with Gasteiger partial charge in [0.2, 0.25) is 5.91 Å². The van der Waals surface area contributed by atoms with E-state index >= 15 is 0 Å². The third-order valence-corrected chi connectivity index (χ3v) is 3.51. The van der Waals surface area contributed by atoms with Crippen molar-refractivity contribution in [2.24, 2.45) is 0 Å². The van der Waals surface area contributed by atoms with Crippen LogP contribution in [0.5, 0.6) is 0 Å². The predicted molar refractivity (Wildman–Crippen MR) is 85.0 cm³/mol. The van der Waals surface area contributed by atoms with E-state index in [-0.39, 0.29) is 18.4 Å². The van der Waals surface area contributed by atoms with Crippen LogP contribution in [0, 0.1) is 0 Å². The van der Waals surface area contributed by atoms with Crippen molar-refractivity contribution < 1.29 is 14.3 Å². The Labute approximate surface area is 132 Å². The summed E-state index contributed by atoms with van der Waals surface area (Å²) in [5, 5.41) is 2.73. The van der Waals surface area contributed by atoms with Crippen LogP contribution in [-0.4, -0.2) is 50.6 Å². The summed E-state index contributed by atoms with van der Waals surface area (Å²) in [5.74, 6) is -0.431. The van der Waals surface area contributed by atoms with Gasteiger partial charge in [-0.15, -0.1) is 0 Å². The number of methoxy groups -OCH3 is 1. The smallest absolute Gasteiger partial charge is 0.254 e. The summed E-state index contributed by atoms with van der Waals surface area (Å²) in [6.45, 7) is 1.13. The lowest BCUT2D eigenvalue weighted by Gasteiger charge is -2.17. The molecule has 0 saturated heterocycles. The highest BCUT2D eigenvalue weighted by Crippen LogP contribution is 2.21. The van der Waals surface area contributed by atoms with Crippen LogP contribution < -0.4 is 11.1 Å². The number of anilines is 1. The first-order valence-electron chi connectivity index (χ1n) is 6.52. The van der Waals surface area contributed by atoms with Gasteiger partial charge in [0, 0.05) is 43.0 Å². The third kappa shape index (κ3) is 5.73. The Hall–Kier alpha value is -1.60. The Bertz CT molecular complexity index is 508. The lowest BCUT2D eigenvalue weighted by Crippen LogP contribution is -2.38. The molecular weight excluding hydrogens is 338 g/mol. The molecule has 0 fully saturated rings. The third-order valence-electron chi connectivity index (χ3n) is 2.82. The average Bonchev–Trinajstić information content (AvgIpc) is 2.45. The molecule has 0 aliphatic rings. The summed E-state index contributed by atoms with van der Waals surface area (Å²) in [6.07, 6.45) is 0.741. The van der Waals surface area contributed by atoms with Crippen LogP contribution in [0.25, 0.3) is 0 Å². The molecule has 1 rings (SSSR count). The number of amides is 2. The molecule has 0 aromatic heterocycles. The Balaban J connectivity index is 2.50. The van der Waals surface area contributed by atoms with E-state index in [1.807, 2.05) is 0 Å². The van der Waals surface area contributed by atoms with E-state index in [9.17, 15) is 9.59 Å². The molecule has 0 unspecified atom stereocenters. The van der Waals surface area contributed by atoms with Gasteiger partial charge in [-0.3, -0.25) is 9.59 Å². The van der Waals surface area contributed by atoms with Gasteiger partial charge in [-0.2, -0.15) is 0 Å². The molecule has 1 aromatic carbocycles. The minimum Gasteiger partial charge on any atom is -0.398 e. The number of benzene rings is 1. The molecule has 0 heterocycles. The first kappa shape index (κ1) is 17.5. The van der Waals surface area contributed by atoms with Crippen molar-refractivity contribution in [3.63, 3.8) is 0 Å². The monoisotopic (exact) mass is 357 g/mol. The molecule has 3 N–H and O–H groups in total. The normalized spacial score (nSPS) is 10.2. The first-order valence-corrected chi connectivity index (χ1v) is 7.31. The molecule has 0 saturated carbocycles. The molecule has 0 radical (unpaired) electrons. The number of nitrogen functional groups attached to an aromatic ring is 1. The highest BCUT2D eigenvalue weighted by molar-refractivity contribution is 9.10. The molecule has 21 heavy (non-hydrogen) atoms. The zero-order valence-electron chi connectivity index (χ0n) is 12.2. The molecule has 0 spiro atoms. The van der Waals surface area contributed by atoms with Gasteiger partial charge < -0.3 is 20.7 Å². The maximum absolute atomic E-state index is 12.2. The fraction of sp³-hybridized carbons (Fsp3) is 0.429. The molecule has 2 amide bonds. The van der Waals surface area contributed by atoms with Gasteiger partial charge >= 0.3 is 0 Å². The quantitative estimate of drug-likeness (QED) is 0.568. The summed E-state index contributed by atoms with van der Waals surface area (Å²) in [4.78, 5) is 25.2. The largest absolute Gasteiger partial charge is 0.398 e. The minimum atomic E-state index is -0.234. The summed E-state index contributed by atoms with van der Waals surface area (Å²) < 4.78 is 5.55. The number of hydrogen-bond acceptors (Lipinski definition) is 4. The first-order chi connectivity index (χ1) is 9.95. The van der Waals surface area contributed by atoms with Crippen molar-refractivity contribution >= 4 is 33.4 Å². The van der Waals surface area contributed by atoms with Crippen LogP contribution in [0.1, 0.15) is 16.8 Å². The van der Waals surface area contributed by atoms with E-state index in [1.165, 1.54) is 4.90 Å². The summed E-state index contributed by atoms with van der Waals surface area (Å²) in [6, 6.07) is 4.93. The van der Waals surface area contributed by atoms with Crippen LogP contribution in [0.15, 0.2) is 22.7 Å². The second-order valence-corrected chi connectivity index (χ2v) is 5.45. The molecule has 0 aliphatic carbocycles. The zero-order chi connectivity index (χ0) is 15.8. The van der Waals surface area contributed by atoms with E-state index in [2.05, 4.69) is 21.2 Å². The summed E-state index contributed by atoms with van der Waals surface area (Å²) in [5.41, 5.74) is 6.72. The fourth-order valence-electron chi connectivity index (χ4n) is 1.67. The van der Waals surface area contributed by atoms with E-state index < -0.39 is 0 Å². The van der Waals surface area contributed by atoms with E-state index in [1.54, 1.807) is 32.4 Å². The summed E-state index contributed by atoms with van der Waals surface area (Å²) in [7, 11) is 3.19. The number of hydrogen-bond donors (Lipinski definition) is 2. The van der Waals surface area contributed by atoms with E-state index in [0.717, 1.165) is 6.42 Å². The van der Waals surface area contributed by atoms with Gasteiger partial charge in [0.05, 0.1) is 6.54 Å². The fourth-order valence-corrected chi connectivity index (χ4v) is 2.05. The Morgan fingerprint density at radius 2 is 2.14 bits per heavy atom. The molecular formula is C14H20BrN3O3. The molecule has 7 heteroatoms. The number of carbonyl (C=O) groups is 2. The van der Waals surface area contributed by atoms with Crippen molar-refractivity contribution in [1.82, 2.24) is 10.2 Å². The number of nitrogens with two attached hydrogens (primary N) is 1. The SMILES string of the molecule is COCCCNC(=O)CN(C)C(=O)c1ccc(N)c(Br)c1. The highest BCUT2D eigenvalue weighted by atomic mass is 79.9. The van der Waals surface area contributed by atoms with Gasteiger partial charge in [0.1, 0.15) is 0 Å². The Morgan fingerprint density at radius 1 is 1.43 bits per heavy atom. The second-order valence-electron chi connectivity index (χ2n) is 4.59. The van der Waals surface area contributed by atoms with Crippen LogP contribution in [-0.2, 0) is 9.53 Å². The van der Waals surface area contributed by atoms with Crippen LogP contribution in [0.3, 0.4) is 0 Å². The van der Waals surface area contributed by atoms with Crippen molar-refractivity contribution in [1.29, 1.82) is 0 Å². The molecule has 1 aromatic rings. The van der Waals surface area contributed by atoms with Crippen molar-refractivity contribution in [2.45, 2.75) is 6.42 Å². The molecule has 116 valence electrons. The predicted octanol–water partition coefficient (Wildman–Crippen LogP) is 1.26. The second kappa shape index (κ2) is 8.63. The van der Waals surface area contributed by atoms with E-state index in [0.29, 0.717) is 28.9 Å². The van der Waals surface area contributed by atoms with Crippen LogP contribution >= 0.6 is 15.9 Å². The number of rotatable bonds is 7. The molecule has 0 bridgehead atoms. The standard InChI is InChI=1S/C14H20BrN3O3/c1-18(9-13(19)17-6-3-7-21-2)14(20)10-4-5-12(16)11(15)8-10/h4-5,8H,3,6-7,9,16H2,1-2H3,(H,17,19). The zero-order valence-corrected chi connectivity index (χ0v) is 13.8.